The molecule has 27 heavy (non-hydrogen) atoms. The van der Waals surface area contributed by atoms with E-state index in [0.29, 0.717) is 17.2 Å². The van der Waals surface area contributed by atoms with Crippen LogP contribution < -0.4 is 10.6 Å². The Bertz CT molecular complexity index is 1140. The van der Waals surface area contributed by atoms with Gasteiger partial charge in [-0.25, -0.2) is 14.8 Å². The van der Waals surface area contributed by atoms with Gasteiger partial charge in [0.15, 0.2) is 0 Å². The van der Waals surface area contributed by atoms with Crippen molar-refractivity contribution in [3.8, 4) is 17.2 Å². The lowest BCUT2D eigenvalue weighted by molar-refractivity contribution is 0.262. The maximum atomic E-state index is 12.5. The highest BCUT2D eigenvalue weighted by Gasteiger charge is 2.13. The minimum Gasteiger partial charge on any atom is -0.293 e. The lowest BCUT2D eigenvalue weighted by Gasteiger charge is -2.14. The summed E-state index contributed by atoms with van der Waals surface area (Å²) < 4.78 is 1.81. The van der Waals surface area contributed by atoms with Gasteiger partial charge in [0.1, 0.15) is 24.0 Å². The summed E-state index contributed by atoms with van der Waals surface area (Å²) in [5.74, 6) is 0.952. The molecule has 0 saturated carbocycles. The maximum Gasteiger partial charge on any atom is 0.325 e. The van der Waals surface area contributed by atoms with Gasteiger partial charge < -0.3 is 0 Å². The largest absolute Gasteiger partial charge is 0.325 e. The minimum absolute atomic E-state index is 0.352. The molecule has 3 heterocycles. The normalized spacial score (nSPS) is 10.3. The molecule has 0 bridgehead atoms. The Labute approximate surface area is 154 Å². The fourth-order valence-corrected chi connectivity index (χ4v) is 2.76. The summed E-state index contributed by atoms with van der Waals surface area (Å²) in [4.78, 5) is 20.7. The lowest BCUT2D eigenvalue weighted by Crippen LogP contribution is -2.22. The second kappa shape index (κ2) is 6.98. The van der Waals surface area contributed by atoms with Gasteiger partial charge in [-0.2, -0.15) is 5.26 Å². The fourth-order valence-electron chi connectivity index (χ4n) is 2.76. The molecule has 2 N–H and O–H groups in total. The summed E-state index contributed by atoms with van der Waals surface area (Å²) in [6.45, 7) is 0. The first-order valence-electron chi connectivity index (χ1n) is 8.19. The average molecular weight is 354 g/mol. The minimum atomic E-state index is -0.439. The number of nitriles is 1. The van der Waals surface area contributed by atoms with Crippen LogP contribution in [0.25, 0.3) is 16.6 Å². The molecule has 130 valence electrons. The SMILES string of the molecule is N#Cc1ccc(NC(=O)Nc2c(-c3ccccc3)ccc3cncn23)nc1. The highest BCUT2D eigenvalue weighted by Crippen LogP contribution is 2.29. The molecule has 0 radical (unpaired) electrons. The zero-order chi connectivity index (χ0) is 18.6. The van der Waals surface area contributed by atoms with E-state index in [1.807, 2.05) is 52.9 Å². The first-order valence-corrected chi connectivity index (χ1v) is 8.19. The number of aromatic nitrogens is 3. The molecule has 0 aliphatic rings. The van der Waals surface area contributed by atoms with Crippen LogP contribution in [0.3, 0.4) is 0 Å². The highest BCUT2D eigenvalue weighted by molar-refractivity contribution is 6.01. The molecular weight excluding hydrogens is 340 g/mol. The van der Waals surface area contributed by atoms with Crippen molar-refractivity contribution in [2.45, 2.75) is 0 Å². The summed E-state index contributed by atoms with van der Waals surface area (Å²) in [5, 5.41) is 14.4. The topological polar surface area (TPSA) is 95.1 Å². The first kappa shape index (κ1) is 16.3. The quantitative estimate of drug-likeness (QED) is 0.583. The van der Waals surface area contributed by atoms with Gasteiger partial charge in [-0.3, -0.25) is 15.0 Å². The predicted molar refractivity (Wildman–Crippen MR) is 102 cm³/mol. The fraction of sp³-hybridized carbons (Fsp3) is 0. The van der Waals surface area contributed by atoms with Gasteiger partial charge in [-0.15, -0.1) is 0 Å². The second-order valence-electron chi connectivity index (χ2n) is 5.77. The number of carbonyl (C=O) groups is 1. The summed E-state index contributed by atoms with van der Waals surface area (Å²) in [6.07, 6.45) is 4.78. The molecule has 0 fully saturated rings. The summed E-state index contributed by atoms with van der Waals surface area (Å²) >= 11 is 0. The monoisotopic (exact) mass is 354 g/mol. The van der Waals surface area contributed by atoms with Crippen molar-refractivity contribution >= 4 is 23.2 Å². The summed E-state index contributed by atoms with van der Waals surface area (Å²) in [5.41, 5.74) is 3.13. The van der Waals surface area contributed by atoms with Crippen molar-refractivity contribution in [1.29, 1.82) is 5.26 Å². The van der Waals surface area contributed by atoms with Crippen LogP contribution in [-0.4, -0.2) is 20.4 Å². The number of carbonyl (C=O) groups excluding carboxylic acids is 1. The van der Waals surface area contributed by atoms with E-state index in [2.05, 4.69) is 20.6 Å². The van der Waals surface area contributed by atoms with E-state index in [-0.39, 0.29) is 0 Å². The number of rotatable bonds is 3. The average Bonchev–Trinajstić information content (AvgIpc) is 3.19. The third kappa shape index (κ3) is 3.32. The van der Waals surface area contributed by atoms with E-state index < -0.39 is 6.03 Å². The van der Waals surface area contributed by atoms with Gasteiger partial charge in [0.05, 0.1) is 17.3 Å². The van der Waals surface area contributed by atoms with Crippen LogP contribution in [0.4, 0.5) is 16.4 Å². The molecule has 7 nitrogen and oxygen atoms in total. The van der Waals surface area contributed by atoms with Crippen molar-refractivity contribution in [3.05, 3.63) is 78.9 Å². The molecule has 1 aromatic carbocycles. The van der Waals surface area contributed by atoms with Crippen LogP contribution in [0.1, 0.15) is 5.56 Å². The lowest BCUT2D eigenvalue weighted by atomic mass is 10.1. The van der Waals surface area contributed by atoms with Gasteiger partial charge in [0, 0.05) is 11.8 Å². The molecule has 2 amide bonds. The molecule has 0 aliphatic carbocycles. The van der Waals surface area contributed by atoms with E-state index in [1.54, 1.807) is 24.7 Å². The molecule has 0 aliphatic heterocycles. The van der Waals surface area contributed by atoms with E-state index in [0.717, 1.165) is 16.6 Å². The van der Waals surface area contributed by atoms with Crippen LogP contribution >= 0.6 is 0 Å². The van der Waals surface area contributed by atoms with Gasteiger partial charge in [-0.1, -0.05) is 30.3 Å². The third-order valence-corrected chi connectivity index (χ3v) is 4.03. The second-order valence-corrected chi connectivity index (χ2v) is 5.77. The number of nitrogens with one attached hydrogen (secondary N) is 2. The Morgan fingerprint density at radius 1 is 1.00 bits per heavy atom. The van der Waals surface area contributed by atoms with Crippen LogP contribution in [-0.2, 0) is 0 Å². The number of nitrogens with zero attached hydrogens (tertiary/aromatic N) is 4. The van der Waals surface area contributed by atoms with Crippen LogP contribution in [0.15, 0.2) is 73.3 Å². The zero-order valence-electron chi connectivity index (χ0n) is 14.1. The molecule has 0 atom stereocenters. The molecular formula is C20H14N6O. The predicted octanol–water partition coefficient (Wildman–Crippen LogP) is 3.91. The number of hydrogen-bond donors (Lipinski definition) is 2. The molecule has 4 rings (SSSR count). The molecule has 0 spiro atoms. The van der Waals surface area contributed by atoms with Gasteiger partial charge in [-0.05, 0) is 29.8 Å². The number of urea groups is 1. The van der Waals surface area contributed by atoms with Crippen LogP contribution in [0.5, 0.6) is 0 Å². The van der Waals surface area contributed by atoms with Crippen LogP contribution in [0.2, 0.25) is 0 Å². The van der Waals surface area contributed by atoms with Crippen molar-refractivity contribution in [2.24, 2.45) is 0 Å². The zero-order valence-corrected chi connectivity index (χ0v) is 14.1. The molecule has 7 heteroatoms. The van der Waals surface area contributed by atoms with Crippen molar-refractivity contribution in [2.75, 3.05) is 10.6 Å². The van der Waals surface area contributed by atoms with Gasteiger partial charge in [0.2, 0.25) is 0 Å². The Hall–Kier alpha value is -4.18. The molecule has 4 aromatic rings. The Balaban J connectivity index is 1.66. The number of imidazole rings is 1. The number of amides is 2. The molecule has 0 unspecified atom stereocenters. The van der Waals surface area contributed by atoms with E-state index in [1.165, 1.54) is 6.20 Å². The van der Waals surface area contributed by atoms with Crippen LogP contribution in [0, 0.1) is 11.3 Å². The third-order valence-electron chi connectivity index (χ3n) is 4.03. The smallest absolute Gasteiger partial charge is 0.293 e. The van der Waals surface area contributed by atoms with E-state index >= 15 is 0 Å². The van der Waals surface area contributed by atoms with E-state index in [9.17, 15) is 4.79 Å². The van der Waals surface area contributed by atoms with Crippen molar-refractivity contribution in [3.63, 3.8) is 0 Å². The van der Waals surface area contributed by atoms with E-state index in [4.69, 9.17) is 5.26 Å². The Morgan fingerprint density at radius 3 is 2.59 bits per heavy atom. The number of benzene rings is 1. The number of anilines is 2. The number of fused-ring (bicyclic) bond motifs is 1. The van der Waals surface area contributed by atoms with Gasteiger partial charge >= 0.3 is 6.03 Å². The molecule has 0 saturated heterocycles. The van der Waals surface area contributed by atoms with Gasteiger partial charge in [0.25, 0.3) is 0 Å². The maximum absolute atomic E-state index is 12.5. The summed E-state index contributed by atoms with van der Waals surface area (Å²) in [6, 6.07) is 18.4. The highest BCUT2D eigenvalue weighted by atomic mass is 16.2. The number of hydrogen-bond acceptors (Lipinski definition) is 4. The Morgan fingerprint density at radius 2 is 1.85 bits per heavy atom. The molecule has 3 aromatic heterocycles. The van der Waals surface area contributed by atoms with Crippen molar-refractivity contribution < 1.29 is 4.79 Å². The summed E-state index contributed by atoms with van der Waals surface area (Å²) in [7, 11) is 0. The van der Waals surface area contributed by atoms with Crippen molar-refractivity contribution in [1.82, 2.24) is 14.4 Å². The Kier molecular flexibility index (Phi) is 4.21. The standard InChI is InChI=1S/C20H14N6O/c21-10-14-6-9-18(23-11-14)24-20(27)25-19-17(15-4-2-1-3-5-15)8-7-16-12-22-13-26(16)19/h1-9,11-13H,(H2,23,24,25,27). The number of pyridine rings is 2. The first-order chi connectivity index (χ1) is 13.2.